The van der Waals surface area contributed by atoms with E-state index in [0.717, 1.165) is 0 Å². The molecule has 5 heteroatoms. The molecule has 0 unspecified atom stereocenters. The van der Waals surface area contributed by atoms with E-state index >= 15 is 0 Å². The number of allylic oxidation sites excluding steroid dienone is 8. The second-order valence-electron chi connectivity index (χ2n) is 8.82. The molecule has 0 saturated carbocycles. The summed E-state index contributed by atoms with van der Waals surface area (Å²) in [6.07, 6.45) is 12.3. The van der Waals surface area contributed by atoms with E-state index in [9.17, 15) is 0 Å². The zero-order valence-corrected chi connectivity index (χ0v) is 21.0. The number of rotatable bonds is 6. The predicted molar refractivity (Wildman–Crippen MR) is 103 cm³/mol. The van der Waals surface area contributed by atoms with E-state index in [-0.39, 0.29) is 9.41 Å². The third-order valence-electron chi connectivity index (χ3n) is 3.80. The molecule has 0 aromatic rings. The van der Waals surface area contributed by atoms with Crippen LogP contribution in [0.2, 0.25) is 51.4 Å². The molecule has 23 heavy (non-hydrogen) atoms. The van der Waals surface area contributed by atoms with Crippen molar-refractivity contribution in [3.05, 3.63) is 42.1 Å². The van der Waals surface area contributed by atoms with Gasteiger partial charge in [-0.05, 0) is 0 Å². The van der Waals surface area contributed by atoms with Crippen LogP contribution in [0.3, 0.4) is 0 Å². The van der Waals surface area contributed by atoms with Crippen molar-refractivity contribution in [1.29, 1.82) is 0 Å². The van der Waals surface area contributed by atoms with E-state index < -0.39 is 39.1 Å². The van der Waals surface area contributed by atoms with E-state index in [1.165, 1.54) is 24.9 Å². The van der Waals surface area contributed by atoms with Crippen molar-refractivity contribution in [3.63, 3.8) is 0 Å². The zero-order chi connectivity index (χ0) is 15.7. The van der Waals surface area contributed by atoms with Crippen LogP contribution in [0.5, 0.6) is 0 Å². The molecule has 0 nitrogen and oxygen atoms in total. The minimum absolute atomic E-state index is 0. The first kappa shape index (κ1) is 23.1. The Kier molecular flexibility index (Phi) is 9.05. The quantitative estimate of drug-likeness (QED) is 0.352. The summed E-state index contributed by atoms with van der Waals surface area (Å²) >= 11 is -0.760. The molecule has 0 N–H and O–H groups in total. The van der Waals surface area contributed by atoms with E-state index in [1.807, 2.05) is 6.66 Å². The van der Waals surface area contributed by atoms with E-state index in [0.29, 0.717) is 0 Å². The molecule has 0 fully saturated rings. The van der Waals surface area contributed by atoms with E-state index in [4.69, 9.17) is 0 Å². The molecular formula is C18H32F2HfSi2. The molecule has 2 aliphatic rings. The van der Waals surface area contributed by atoms with Crippen molar-refractivity contribution < 1.29 is 32.3 Å². The van der Waals surface area contributed by atoms with E-state index in [2.05, 4.69) is 63.6 Å². The molecule has 0 saturated heterocycles. The molecule has 0 aromatic carbocycles. The number of hydrogen-bond donors (Lipinski definition) is 0. The summed E-state index contributed by atoms with van der Waals surface area (Å²) < 4.78 is 3.81. The SMILES string of the molecule is C[Si](C)(C)CC1=[C]([Hf][C]2=C(C[Si](C)(C)C)C=CC2)CC=C1.F.F. The molecule has 0 atom stereocenters. The standard InChI is InChI=1S/2C9H15Si.2FH.Hf/c2*1-10(2,3)8-9-6-4-5-7-9;;;/h2*4,6H,5,8H2,1-3H3;2*1H;. The summed E-state index contributed by atoms with van der Waals surface area (Å²) in [4.78, 5) is 0. The van der Waals surface area contributed by atoms with Crippen LogP contribution < -0.4 is 0 Å². The second kappa shape index (κ2) is 9.00. The van der Waals surface area contributed by atoms with Gasteiger partial charge in [-0.15, -0.1) is 0 Å². The molecule has 0 bridgehead atoms. The summed E-state index contributed by atoms with van der Waals surface area (Å²) in [6.45, 7) is 15.0. The molecule has 0 aromatic heterocycles. The summed E-state index contributed by atoms with van der Waals surface area (Å²) in [5.74, 6) is 0. The Morgan fingerprint density at radius 3 is 1.39 bits per heavy atom. The van der Waals surface area contributed by atoms with Crippen LogP contribution in [0, 0.1) is 0 Å². The third kappa shape index (κ3) is 7.69. The Morgan fingerprint density at radius 2 is 1.09 bits per heavy atom. The third-order valence-corrected chi connectivity index (χ3v) is 12.6. The maximum Gasteiger partial charge on any atom is -0.269 e. The van der Waals surface area contributed by atoms with Gasteiger partial charge in [0.2, 0.25) is 0 Å². The van der Waals surface area contributed by atoms with Crippen LogP contribution in [0.25, 0.3) is 0 Å². The van der Waals surface area contributed by atoms with Gasteiger partial charge >= 0.3 is 145 Å². The molecule has 0 amide bonds. The van der Waals surface area contributed by atoms with Crippen LogP contribution in [-0.4, -0.2) is 16.1 Å². The molecule has 0 aliphatic heterocycles. The van der Waals surface area contributed by atoms with Crippen molar-refractivity contribution in [1.82, 2.24) is 0 Å². The number of hydrogen-bond acceptors (Lipinski definition) is 0. The molecule has 2 rings (SSSR count). The minimum atomic E-state index is -0.978. The second-order valence-corrected chi connectivity index (χ2v) is 25.0. The Hall–Kier alpha value is 0.124. The Morgan fingerprint density at radius 1 is 0.739 bits per heavy atom. The van der Waals surface area contributed by atoms with E-state index in [1.54, 1.807) is 11.1 Å². The average molecular weight is 521 g/mol. The summed E-state index contributed by atoms with van der Waals surface area (Å²) in [7, 11) is -1.96. The molecular weight excluding hydrogens is 489 g/mol. The van der Waals surface area contributed by atoms with Crippen molar-refractivity contribution in [3.8, 4) is 0 Å². The van der Waals surface area contributed by atoms with Crippen molar-refractivity contribution in [2.75, 3.05) is 0 Å². The maximum absolute atomic E-state index is 2.50. The molecule has 2 aliphatic carbocycles. The van der Waals surface area contributed by atoms with Gasteiger partial charge < -0.3 is 0 Å². The maximum atomic E-state index is 2.50. The zero-order valence-electron chi connectivity index (χ0n) is 15.5. The Labute approximate surface area is 154 Å². The first-order valence-electron chi connectivity index (χ1n) is 8.18. The van der Waals surface area contributed by atoms with Crippen molar-refractivity contribution in [2.24, 2.45) is 0 Å². The topological polar surface area (TPSA) is 0 Å². The average Bonchev–Trinajstić information content (AvgIpc) is 2.86. The Bertz CT molecular complexity index is 484. The summed E-state index contributed by atoms with van der Waals surface area (Å²) in [5.41, 5.74) is 3.51. The molecule has 0 heterocycles. The first-order valence-corrected chi connectivity index (χ1v) is 19.2. The van der Waals surface area contributed by atoms with Crippen molar-refractivity contribution in [2.45, 2.75) is 64.2 Å². The van der Waals surface area contributed by atoms with Gasteiger partial charge in [-0.2, -0.15) is 0 Å². The number of halogens is 2. The smallest absolute Gasteiger partial charge is 0.269 e. The fourth-order valence-corrected chi connectivity index (χ4v) is 12.5. The monoisotopic (exact) mass is 522 g/mol. The van der Waals surface area contributed by atoms with Gasteiger partial charge in [0.25, 0.3) is 0 Å². The van der Waals surface area contributed by atoms with Crippen molar-refractivity contribution >= 4 is 16.1 Å². The minimum Gasteiger partial charge on any atom is -0.269 e. The van der Waals surface area contributed by atoms with Gasteiger partial charge in [0.05, 0.1) is 0 Å². The molecule has 0 spiro atoms. The van der Waals surface area contributed by atoms with Gasteiger partial charge in [-0.25, -0.2) is 0 Å². The largest absolute Gasteiger partial charge is 0.269 e. The fourth-order valence-electron chi connectivity index (χ4n) is 3.02. The fraction of sp³-hybridized carbons (Fsp3) is 0.556. The first-order chi connectivity index (χ1) is 9.64. The van der Waals surface area contributed by atoms with Crippen LogP contribution in [0.15, 0.2) is 42.1 Å². The van der Waals surface area contributed by atoms with Crippen LogP contribution in [0.4, 0.5) is 9.41 Å². The Balaban J connectivity index is 0.00000242. The van der Waals surface area contributed by atoms with Crippen LogP contribution in [-0.2, 0) is 22.9 Å². The van der Waals surface area contributed by atoms with Gasteiger partial charge in [0.15, 0.2) is 0 Å². The summed E-state index contributed by atoms with van der Waals surface area (Å²) in [6, 6.07) is 2.80. The van der Waals surface area contributed by atoms with Crippen LogP contribution in [0.1, 0.15) is 12.8 Å². The van der Waals surface area contributed by atoms with Gasteiger partial charge in [0.1, 0.15) is 0 Å². The van der Waals surface area contributed by atoms with Crippen LogP contribution >= 0.6 is 0 Å². The van der Waals surface area contributed by atoms with Gasteiger partial charge in [-0.3, -0.25) is 9.41 Å². The molecule has 130 valence electrons. The predicted octanol–water partition coefficient (Wildman–Crippen LogP) is 6.48. The van der Waals surface area contributed by atoms with Gasteiger partial charge in [0, 0.05) is 0 Å². The summed E-state index contributed by atoms with van der Waals surface area (Å²) in [5, 5.41) is 0. The van der Waals surface area contributed by atoms with Gasteiger partial charge in [-0.1, -0.05) is 0 Å². The normalized spacial score (nSPS) is 17.5. The molecule has 0 radical (unpaired) electrons.